The third-order valence-corrected chi connectivity index (χ3v) is 9.58. The zero-order valence-electron chi connectivity index (χ0n) is 28.3. The fourth-order valence-corrected chi connectivity index (χ4v) is 6.73. The number of aliphatic hydroxyl groups excluding tert-OH is 2. The minimum atomic E-state index is -2.60. The number of aryl methyl sites for hydroxylation is 1. The van der Waals surface area contributed by atoms with E-state index in [1.165, 1.54) is 23.1 Å². The summed E-state index contributed by atoms with van der Waals surface area (Å²) in [6, 6.07) is 18.0. The topological polar surface area (TPSA) is 165 Å². The van der Waals surface area contributed by atoms with Gasteiger partial charge in [-0.2, -0.15) is 8.42 Å². The highest BCUT2D eigenvalue weighted by atomic mass is 32.2. The second-order valence-corrected chi connectivity index (χ2v) is 14.2. The molecule has 0 spiro atoms. The van der Waals surface area contributed by atoms with Crippen molar-refractivity contribution in [2.45, 2.75) is 63.4 Å². The number of aliphatic hydroxyl groups is 2. The maximum absolute atomic E-state index is 14.3. The van der Waals surface area contributed by atoms with Gasteiger partial charge in [0.25, 0.3) is 5.91 Å². The van der Waals surface area contributed by atoms with Gasteiger partial charge in [-0.15, -0.1) is 0 Å². The predicted molar refractivity (Wildman–Crippen MR) is 193 cm³/mol. The van der Waals surface area contributed by atoms with Gasteiger partial charge < -0.3 is 31.1 Å². The molecule has 11 nitrogen and oxygen atoms in total. The van der Waals surface area contributed by atoms with Crippen LogP contribution in [0.3, 0.4) is 0 Å². The summed E-state index contributed by atoms with van der Waals surface area (Å²) in [6.45, 7) is 3.32. The first-order valence-electron chi connectivity index (χ1n) is 16.6. The molecule has 5 rings (SSSR count). The summed E-state index contributed by atoms with van der Waals surface area (Å²) in [6.07, 6.45) is 4.41. The second-order valence-electron chi connectivity index (χ2n) is 13.2. The Kier molecular flexibility index (Phi) is 12.0. The van der Waals surface area contributed by atoms with E-state index in [0.717, 1.165) is 5.56 Å². The highest BCUT2D eigenvalue weighted by Crippen LogP contribution is 2.31. The number of amides is 3. The Labute approximate surface area is 297 Å². The third-order valence-electron chi connectivity index (χ3n) is 8.83. The van der Waals surface area contributed by atoms with Gasteiger partial charge in [0.05, 0.1) is 30.2 Å². The number of hydrogen-bond donors (Lipinski definition) is 5. The number of β-amino-alcohol motifs (C(OH)–C–C–N with tert-alkyl or cyclic N) is 1. The Morgan fingerprint density at radius 1 is 1.04 bits per heavy atom. The Morgan fingerprint density at radius 3 is 2.45 bits per heavy atom. The first-order valence-corrected chi connectivity index (χ1v) is 17.7. The van der Waals surface area contributed by atoms with E-state index in [1.54, 1.807) is 86.7 Å². The van der Waals surface area contributed by atoms with Gasteiger partial charge in [-0.1, -0.05) is 54.6 Å². The van der Waals surface area contributed by atoms with Gasteiger partial charge in [0.2, 0.25) is 22.1 Å². The monoisotopic (exact) mass is 716 g/mol. The molecule has 3 aromatic carbocycles. The van der Waals surface area contributed by atoms with E-state index in [2.05, 4.69) is 16.0 Å². The first kappa shape index (κ1) is 37.3. The van der Waals surface area contributed by atoms with E-state index in [9.17, 15) is 32.3 Å². The van der Waals surface area contributed by atoms with Crippen LogP contribution in [0.2, 0.25) is 0 Å². The molecule has 2 aliphatic rings. The molecule has 268 valence electrons. The molecule has 0 radical (unpaired) electrons. The Balaban J connectivity index is 1.36. The minimum absolute atomic E-state index is 0.00508. The lowest BCUT2D eigenvalue weighted by molar-refractivity contribution is -0.128. The van der Waals surface area contributed by atoms with E-state index in [4.69, 9.17) is 5.11 Å². The molecular formula is C38H41FN4O7S. The molecule has 0 bridgehead atoms. The average Bonchev–Trinajstić information content (AvgIpc) is 3.23. The molecule has 0 aromatic heterocycles. The molecule has 1 aliphatic heterocycles. The smallest absolute Gasteiger partial charge is 0.252 e. The molecule has 1 aliphatic carbocycles. The summed E-state index contributed by atoms with van der Waals surface area (Å²) in [4.78, 5) is 41.8. The molecule has 3 amide bonds. The van der Waals surface area contributed by atoms with Crippen molar-refractivity contribution in [3.8, 4) is 0 Å². The molecule has 1 heterocycles. The van der Waals surface area contributed by atoms with Crippen LogP contribution in [0, 0.1) is 5.82 Å². The molecule has 51 heavy (non-hydrogen) atoms. The summed E-state index contributed by atoms with van der Waals surface area (Å²) >= 11 is 0. The van der Waals surface area contributed by atoms with Crippen LogP contribution < -0.4 is 20.9 Å². The van der Waals surface area contributed by atoms with Gasteiger partial charge in [0, 0.05) is 29.8 Å². The number of rotatable bonds is 12. The predicted octanol–water partition coefficient (Wildman–Crippen LogP) is 2.70. The van der Waals surface area contributed by atoms with Crippen molar-refractivity contribution in [1.82, 2.24) is 16.0 Å². The number of carbonyl (C=O) groups is 3. The van der Waals surface area contributed by atoms with Gasteiger partial charge in [-0.05, 0) is 85.4 Å². The maximum atomic E-state index is 14.3. The Bertz CT molecular complexity index is 1970. The van der Waals surface area contributed by atoms with E-state index in [0.29, 0.717) is 34.4 Å². The van der Waals surface area contributed by atoms with Crippen LogP contribution in [-0.2, 0) is 32.8 Å². The molecule has 0 saturated carbocycles. The molecular weight excluding hydrogens is 676 g/mol. The summed E-state index contributed by atoms with van der Waals surface area (Å²) in [5.74, 6) is -1.62. The van der Waals surface area contributed by atoms with Gasteiger partial charge >= 0.3 is 0 Å². The highest BCUT2D eigenvalue weighted by Gasteiger charge is 2.33. The molecule has 3 aromatic rings. The maximum Gasteiger partial charge on any atom is 0.252 e. The Morgan fingerprint density at radius 2 is 1.76 bits per heavy atom. The number of nitrogens with one attached hydrogen (secondary N) is 3. The fraction of sp³-hybridized carbons (Fsp3) is 0.316. The molecule has 1 unspecified atom stereocenters. The van der Waals surface area contributed by atoms with Crippen LogP contribution in [0.5, 0.6) is 0 Å². The highest BCUT2D eigenvalue weighted by molar-refractivity contribution is 7.73. The zero-order chi connectivity index (χ0) is 36.7. The SMILES string of the molecule is CC(C)(CC(=O)N[C@@H]1CCc2cc(F)ccc2N(Cc2ccc(C3=CC=CC(=S(=O)=O)C3NC(=O)c3ccccc3)cc2)C1=O)NC[C@H](O)CO. The lowest BCUT2D eigenvalue weighted by atomic mass is 9.91. The average molecular weight is 717 g/mol. The van der Waals surface area contributed by atoms with Gasteiger partial charge in [0.15, 0.2) is 0 Å². The van der Waals surface area contributed by atoms with Crippen molar-refractivity contribution in [2.75, 3.05) is 18.1 Å². The molecule has 0 fully saturated rings. The van der Waals surface area contributed by atoms with Gasteiger partial charge in [0.1, 0.15) is 11.9 Å². The first-order chi connectivity index (χ1) is 24.3. The van der Waals surface area contributed by atoms with Crippen molar-refractivity contribution in [2.24, 2.45) is 0 Å². The largest absolute Gasteiger partial charge is 0.394 e. The van der Waals surface area contributed by atoms with Crippen LogP contribution in [0.15, 0.2) is 91.0 Å². The molecule has 0 saturated heterocycles. The number of nitrogens with zero attached hydrogens (tertiary/aromatic N) is 1. The van der Waals surface area contributed by atoms with Crippen molar-refractivity contribution >= 4 is 44.1 Å². The normalized spacial score (nSPS) is 18.0. The summed E-state index contributed by atoms with van der Waals surface area (Å²) in [5, 5.41) is 27.6. The van der Waals surface area contributed by atoms with Crippen molar-refractivity contribution in [1.29, 1.82) is 0 Å². The van der Waals surface area contributed by atoms with Crippen LogP contribution in [-0.4, -0.2) is 78.1 Å². The summed E-state index contributed by atoms with van der Waals surface area (Å²) in [5.41, 5.74) is 2.73. The van der Waals surface area contributed by atoms with E-state index in [-0.39, 0.29) is 42.6 Å². The molecule has 3 atom stereocenters. The molecule has 13 heteroatoms. The van der Waals surface area contributed by atoms with Crippen LogP contribution in [0.25, 0.3) is 5.57 Å². The number of halogens is 1. The molecule has 5 N–H and O–H groups in total. The standard InChI is InChI=1S/C38H41FN4O7S/c1-38(2,40-21-29(45)23-44)20-34(46)41-31-17-15-27-19-28(39)16-18-32(27)43(37(31)48)22-24-11-13-25(14-12-24)30-9-6-10-33(51(49)50)35(30)42-36(47)26-7-4-3-5-8-26/h3-14,16,18-19,29,31,35,40,44-45H,15,17,20-23H2,1-2H3,(H,41,46)(H,42,47)/t29-,31+,35?/m0/s1. The van der Waals surface area contributed by atoms with Crippen molar-refractivity contribution in [3.63, 3.8) is 0 Å². The quantitative estimate of drug-likeness (QED) is 0.179. The number of anilines is 1. The van der Waals surface area contributed by atoms with Crippen molar-refractivity contribution in [3.05, 3.63) is 119 Å². The second kappa shape index (κ2) is 16.4. The third kappa shape index (κ3) is 9.44. The number of allylic oxidation sites excluding steroid dienone is 2. The van der Waals surface area contributed by atoms with Crippen LogP contribution in [0.4, 0.5) is 10.1 Å². The lowest BCUT2D eigenvalue weighted by Crippen LogP contribution is -2.51. The van der Waals surface area contributed by atoms with Gasteiger partial charge in [-0.3, -0.25) is 14.4 Å². The van der Waals surface area contributed by atoms with Gasteiger partial charge in [-0.25, -0.2) is 4.39 Å². The minimum Gasteiger partial charge on any atom is -0.394 e. The number of benzene rings is 3. The Hall–Kier alpha value is -4.95. The van der Waals surface area contributed by atoms with Crippen LogP contribution >= 0.6 is 0 Å². The lowest BCUT2D eigenvalue weighted by Gasteiger charge is -2.29. The number of fused-ring (bicyclic) bond motifs is 1. The van der Waals surface area contributed by atoms with Crippen LogP contribution in [0.1, 0.15) is 53.7 Å². The number of carbonyl (C=O) groups excluding carboxylic acids is 3. The van der Waals surface area contributed by atoms with E-state index >= 15 is 0 Å². The zero-order valence-corrected chi connectivity index (χ0v) is 29.1. The fourth-order valence-electron chi connectivity index (χ4n) is 6.16. The summed E-state index contributed by atoms with van der Waals surface area (Å²) in [7, 11) is -2.60. The summed E-state index contributed by atoms with van der Waals surface area (Å²) < 4.78 is 38.7. The van der Waals surface area contributed by atoms with E-state index < -0.39 is 52.4 Å². The number of hydrogen-bond acceptors (Lipinski definition) is 8. The van der Waals surface area contributed by atoms with Crippen molar-refractivity contribution < 1.29 is 37.4 Å². The van der Waals surface area contributed by atoms with E-state index in [1.807, 2.05) is 0 Å².